The van der Waals surface area contributed by atoms with Crippen LogP contribution in [0.4, 0.5) is 0 Å². The molecule has 0 amide bonds. The van der Waals surface area contributed by atoms with E-state index >= 15 is 0 Å². The fraction of sp³-hybridized carbons (Fsp3) is 0.325. The number of aromatic nitrogens is 4. The summed E-state index contributed by atoms with van der Waals surface area (Å²) in [6.45, 7) is 5.49. The van der Waals surface area contributed by atoms with Crippen molar-refractivity contribution in [2.45, 2.75) is 26.3 Å². The Kier molecular flexibility index (Phi) is 12.6. The largest absolute Gasteiger partial charge is 0.460 e. The van der Waals surface area contributed by atoms with E-state index < -0.39 is 5.97 Å². The number of carbonyl (C=O) groups is 1. The number of fused-ring (bicyclic) bond motifs is 2. The number of esters is 1. The van der Waals surface area contributed by atoms with Crippen LogP contribution in [0.1, 0.15) is 35.1 Å². The molecule has 2 aromatic heterocycles. The summed E-state index contributed by atoms with van der Waals surface area (Å²) in [7, 11) is 2.06. The first-order valence-electron chi connectivity index (χ1n) is 17.6. The third-order valence-electron chi connectivity index (χ3n) is 8.70. The van der Waals surface area contributed by atoms with Gasteiger partial charge in [0.25, 0.3) is 0 Å². The third kappa shape index (κ3) is 8.85. The van der Waals surface area contributed by atoms with E-state index in [0.29, 0.717) is 51.7 Å². The second kappa shape index (κ2) is 18.1. The van der Waals surface area contributed by atoms with Gasteiger partial charge in [-0.25, -0.2) is 14.8 Å². The van der Waals surface area contributed by atoms with Gasteiger partial charge in [-0.3, -0.25) is 0 Å². The minimum Gasteiger partial charge on any atom is -0.460 e. The molecule has 0 aliphatic carbocycles. The van der Waals surface area contributed by atoms with Crippen molar-refractivity contribution in [1.29, 1.82) is 0 Å². The Morgan fingerprint density at radius 3 is 2.19 bits per heavy atom. The molecule has 0 radical (unpaired) electrons. The van der Waals surface area contributed by atoms with Gasteiger partial charge in [-0.15, -0.1) is 0 Å². The summed E-state index contributed by atoms with van der Waals surface area (Å²) in [5, 5.41) is 3.40. The smallest absolute Gasteiger partial charge is 0.338 e. The molecule has 0 saturated carbocycles. The van der Waals surface area contributed by atoms with Gasteiger partial charge in [0.1, 0.15) is 18.3 Å². The van der Waals surface area contributed by atoms with Crippen molar-refractivity contribution in [2.24, 2.45) is 12.2 Å². The number of ether oxygens (including phenoxy) is 4. The Hall–Kier alpha value is -5.52. The molecule has 0 atom stereocenters. The molecule has 12 nitrogen and oxygen atoms in total. The van der Waals surface area contributed by atoms with Gasteiger partial charge in [-0.05, 0) is 65.0 Å². The number of para-hydroxylation sites is 2. The molecule has 2 heterocycles. The summed E-state index contributed by atoms with van der Waals surface area (Å²) in [6, 6.07) is 30.4. The molecule has 0 N–H and O–H groups in total. The molecule has 4 aromatic carbocycles. The Morgan fingerprint density at radius 2 is 1.44 bits per heavy atom. The SMILES string of the molecule is CCCc1nc2ccc(-c3nc4ccccc4n3C)cc2n1Cc1ccc(-c2ccccc2C(=O)OCCOCCOCCOCCN=[N+]=[N-])cc1. The minimum absolute atomic E-state index is 0.131. The van der Waals surface area contributed by atoms with Crippen LogP contribution in [0.2, 0.25) is 0 Å². The predicted octanol–water partition coefficient (Wildman–Crippen LogP) is 7.77. The minimum atomic E-state index is -0.400. The normalized spacial score (nSPS) is 11.3. The lowest BCUT2D eigenvalue weighted by Crippen LogP contribution is -2.14. The second-order valence-corrected chi connectivity index (χ2v) is 12.2. The number of aryl methyl sites for hydroxylation is 2. The van der Waals surface area contributed by atoms with Gasteiger partial charge in [0.05, 0.1) is 67.3 Å². The molecule has 0 unspecified atom stereocenters. The summed E-state index contributed by atoms with van der Waals surface area (Å²) in [4.78, 5) is 25.7. The summed E-state index contributed by atoms with van der Waals surface area (Å²) >= 11 is 0. The molecule has 0 saturated heterocycles. The third-order valence-corrected chi connectivity index (χ3v) is 8.70. The molecule has 0 fully saturated rings. The zero-order valence-corrected chi connectivity index (χ0v) is 29.6. The molecule has 0 aliphatic rings. The van der Waals surface area contributed by atoms with E-state index in [2.05, 4.69) is 81.7 Å². The van der Waals surface area contributed by atoms with Crippen LogP contribution in [0, 0.1) is 0 Å². The summed E-state index contributed by atoms with van der Waals surface area (Å²) in [5.74, 6) is 1.58. The molecule has 0 bridgehead atoms. The molecule has 52 heavy (non-hydrogen) atoms. The highest BCUT2D eigenvalue weighted by Crippen LogP contribution is 2.29. The Labute approximate surface area is 302 Å². The van der Waals surface area contributed by atoms with E-state index in [1.165, 1.54) is 0 Å². The zero-order valence-electron chi connectivity index (χ0n) is 29.6. The van der Waals surface area contributed by atoms with Crippen molar-refractivity contribution >= 4 is 28.0 Å². The molecular weight excluding hydrogens is 658 g/mol. The Balaban J connectivity index is 1.07. The summed E-state index contributed by atoms with van der Waals surface area (Å²) in [6.07, 6.45) is 1.87. The maximum atomic E-state index is 13.1. The van der Waals surface area contributed by atoms with Gasteiger partial charge in [-0.2, -0.15) is 0 Å². The molecule has 0 spiro atoms. The van der Waals surface area contributed by atoms with Crippen LogP contribution < -0.4 is 0 Å². The van der Waals surface area contributed by atoms with Gasteiger partial charge >= 0.3 is 5.97 Å². The number of hydrogen-bond acceptors (Lipinski definition) is 8. The van der Waals surface area contributed by atoms with Gasteiger partial charge in [-0.1, -0.05) is 66.6 Å². The van der Waals surface area contributed by atoms with Crippen LogP contribution in [-0.4, -0.2) is 77.9 Å². The summed E-state index contributed by atoms with van der Waals surface area (Å²) < 4.78 is 26.2. The van der Waals surface area contributed by atoms with Crippen LogP contribution in [0.5, 0.6) is 0 Å². The average Bonchev–Trinajstić information content (AvgIpc) is 3.69. The number of azide groups is 1. The maximum Gasteiger partial charge on any atom is 0.338 e. The lowest BCUT2D eigenvalue weighted by atomic mass is 9.98. The van der Waals surface area contributed by atoms with Gasteiger partial charge in [0.2, 0.25) is 0 Å². The van der Waals surface area contributed by atoms with Crippen molar-refractivity contribution in [3.63, 3.8) is 0 Å². The quantitative estimate of drug-likeness (QED) is 0.0276. The molecular formula is C40H43N7O5. The molecule has 0 aliphatic heterocycles. The van der Waals surface area contributed by atoms with Crippen LogP contribution in [0.15, 0.2) is 96.1 Å². The van der Waals surface area contributed by atoms with Gasteiger partial charge in [0.15, 0.2) is 0 Å². The highest BCUT2D eigenvalue weighted by Gasteiger charge is 2.17. The van der Waals surface area contributed by atoms with Gasteiger partial charge < -0.3 is 28.1 Å². The van der Waals surface area contributed by atoms with Crippen LogP contribution in [-0.2, 0) is 39.0 Å². The molecule has 12 heteroatoms. The standard InChI is InChI=1S/C40H43N7O5/c1-3-8-38-43-35-18-17-31(39-44-34-11-6-7-12-36(34)46(39)2)27-37(35)47(38)28-29-13-15-30(16-14-29)32-9-4-5-10-33(32)40(48)52-26-25-51-24-23-50-22-21-49-20-19-42-45-41/h4-7,9-18,27H,3,8,19-26,28H2,1-2H3. The van der Waals surface area contributed by atoms with E-state index in [1.807, 2.05) is 36.4 Å². The zero-order chi connectivity index (χ0) is 36.1. The van der Waals surface area contributed by atoms with Crippen molar-refractivity contribution < 1.29 is 23.7 Å². The van der Waals surface area contributed by atoms with Crippen molar-refractivity contribution in [3.05, 3.63) is 118 Å². The number of rotatable bonds is 19. The van der Waals surface area contributed by atoms with Crippen LogP contribution in [0.3, 0.4) is 0 Å². The highest BCUT2D eigenvalue weighted by molar-refractivity contribution is 5.97. The second-order valence-electron chi connectivity index (χ2n) is 12.2. The average molecular weight is 702 g/mol. The molecule has 268 valence electrons. The number of carbonyl (C=O) groups excluding carboxylic acids is 1. The van der Waals surface area contributed by atoms with Crippen LogP contribution >= 0.6 is 0 Å². The number of hydrogen-bond donors (Lipinski definition) is 0. The van der Waals surface area contributed by atoms with E-state index in [-0.39, 0.29) is 13.2 Å². The predicted molar refractivity (Wildman–Crippen MR) is 201 cm³/mol. The fourth-order valence-corrected chi connectivity index (χ4v) is 6.15. The van der Waals surface area contributed by atoms with E-state index in [0.717, 1.165) is 68.8 Å². The number of nitrogens with zero attached hydrogens (tertiary/aromatic N) is 7. The molecule has 6 rings (SSSR count). The van der Waals surface area contributed by atoms with E-state index in [9.17, 15) is 4.79 Å². The first-order valence-corrected chi connectivity index (χ1v) is 17.6. The molecule has 6 aromatic rings. The van der Waals surface area contributed by atoms with Gasteiger partial charge in [0, 0.05) is 37.0 Å². The fourth-order valence-electron chi connectivity index (χ4n) is 6.15. The topological polar surface area (TPSA) is 138 Å². The van der Waals surface area contributed by atoms with E-state index in [4.69, 9.17) is 34.4 Å². The van der Waals surface area contributed by atoms with Crippen LogP contribution in [0.25, 0.3) is 55.0 Å². The van der Waals surface area contributed by atoms with E-state index in [1.54, 1.807) is 6.07 Å². The first-order chi connectivity index (χ1) is 25.6. The number of benzene rings is 4. The lowest BCUT2D eigenvalue weighted by Gasteiger charge is -2.13. The van der Waals surface area contributed by atoms with Crippen molar-refractivity contribution in [2.75, 3.05) is 52.8 Å². The lowest BCUT2D eigenvalue weighted by molar-refractivity contribution is 0.00134. The monoisotopic (exact) mass is 701 g/mol. The Morgan fingerprint density at radius 1 is 0.769 bits per heavy atom. The highest BCUT2D eigenvalue weighted by atomic mass is 16.6. The number of imidazole rings is 2. The first kappa shape index (κ1) is 36.3. The Bertz CT molecular complexity index is 2150. The maximum absolute atomic E-state index is 13.1. The van der Waals surface area contributed by atoms with Crippen molar-refractivity contribution in [3.8, 4) is 22.5 Å². The van der Waals surface area contributed by atoms with Crippen molar-refractivity contribution in [1.82, 2.24) is 19.1 Å². The summed E-state index contributed by atoms with van der Waals surface area (Å²) in [5.41, 5.74) is 16.8.